The maximum Gasteiger partial charge on any atom is 0.762 e. The van der Waals surface area contributed by atoms with Gasteiger partial charge in [0.15, 0.2) is 0 Å². The molecule has 0 spiro atoms. The van der Waals surface area contributed by atoms with Gasteiger partial charge in [0.1, 0.15) is 0 Å². The largest absolute Gasteiger partial charge is 0.762 e. The van der Waals surface area contributed by atoms with Crippen molar-refractivity contribution in [2.75, 3.05) is 0 Å². The van der Waals surface area contributed by atoms with Crippen LogP contribution in [0.3, 0.4) is 0 Å². The molecular weight excluding hydrogens is 202 g/mol. The summed E-state index contributed by atoms with van der Waals surface area (Å²) in [5.41, 5.74) is 0. The molecule has 0 saturated heterocycles. The second-order valence-corrected chi connectivity index (χ2v) is 0.247. The van der Waals surface area contributed by atoms with Crippen molar-refractivity contribution in [1.29, 1.82) is 0 Å². The molecule has 0 heterocycles. The molecule has 33 valence electrons. The predicted molar refractivity (Wildman–Crippen MR) is 30.2 cm³/mol. The van der Waals surface area contributed by atoms with Crippen LogP contribution in [0.1, 0.15) is 0 Å². The summed E-state index contributed by atoms with van der Waals surface area (Å²) >= 11 is 0. The Labute approximate surface area is 63.3 Å². The third kappa shape index (κ3) is 64.8. The SMILES string of the molecule is FB(F)F.I.[Li]. The molecule has 0 rings (SSSR count). The van der Waals surface area contributed by atoms with Crippen molar-refractivity contribution in [2.45, 2.75) is 0 Å². The molecular formula is HBF3ILi. The van der Waals surface area contributed by atoms with Crippen LogP contribution in [0.2, 0.25) is 0 Å². The summed E-state index contributed by atoms with van der Waals surface area (Å²) in [6.45, 7) is 0. The fourth-order valence-electron chi connectivity index (χ4n) is 0. The Morgan fingerprint density at radius 3 is 1.00 bits per heavy atom. The quantitative estimate of drug-likeness (QED) is 0.408. The van der Waals surface area contributed by atoms with Crippen LogP contribution in [0.15, 0.2) is 0 Å². The summed E-state index contributed by atoms with van der Waals surface area (Å²) in [5, 5.41) is 0. The van der Waals surface area contributed by atoms with E-state index in [1.54, 1.807) is 0 Å². The Kier molecular flexibility index (Phi) is 24.8. The third-order valence-electron chi connectivity index (χ3n) is 0. The van der Waals surface area contributed by atoms with Gasteiger partial charge in [-0.25, -0.2) is 0 Å². The Balaban J connectivity index is -0.0000000450. The number of rotatable bonds is 0. The fraction of sp³-hybridized carbons (Fsp3) is 0. The number of hydrogen-bond donors (Lipinski definition) is 0. The van der Waals surface area contributed by atoms with Gasteiger partial charge in [0.2, 0.25) is 0 Å². The van der Waals surface area contributed by atoms with E-state index in [2.05, 4.69) is 0 Å². The minimum atomic E-state index is -3.67. The Morgan fingerprint density at radius 2 is 1.00 bits per heavy atom. The molecule has 0 fully saturated rings. The summed E-state index contributed by atoms with van der Waals surface area (Å²) in [6, 6.07) is 0. The van der Waals surface area contributed by atoms with E-state index in [0.717, 1.165) is 0 Å². The Bertz CT molecular complexity index is 15.5. The van der Waals surface area contributed by atoms with Crippen LogP contribution in [-0.2, 0) is 0 Å². The molecule has 0 aromatic carbocycles. The van der Waals surface area contributed by atoms with Crippen molar-refractivity contribution in [1.82, 2.24) is 0 Å². The topological polar surface area (TPSA) is 0 Å². The molecule has 0 amide bonds. The first-order chi connectivity index (χ1) is 1.73. The van der Waals surface area contributed by atoms with Crippen LogP contribution in [0.4, 0.5) is 12.9 Å². The van der Waals surface area contributed by atoms with E-state index in [1.807, 2.05) is 0 Å². The van der Waals surface area contributed by atoms with Gasteiger partial charge < -0.3 is 0 Å². The van der Waals surface area contributed by atoms with Gasteiger partial charge in [-0.1, -0.05) is 0 Å². The van der Waals surface area contributed by atoms with Gasteiger partial charge in [0, 0.05) is 18.9 Å². The van der Waals surface area contributed by atoms with E-state index >= 15 is 0 Å². The average molecular weight is 203 g/mol. The molecule has 0 bridgehead atoms. The van der Waals surface area contributed by atoms with Crippen LogP contribution in [0.5, 0.6) is 0 Å². The summed E-state index contributed by atoms with van der Waals surface area (Å²) in [7, 11) is -3.67. The second-order valence-electron chi connectivity index (χ2n) is 0.247. The molecule has 0 saturated carbocycles. The molecule has 1 radical (unpaired) electrons. The van der Waals surface area contributed by atoms with Crippen molar-refractivity contribution in [2.24, 2.45) is 0 Å². The van der Waals surface area contributed by atoms with Crippen LogP contribution < -0.4 is 0 Å². The van der Waals surface area contributed by atoms with E-state index in [-0.39, 0.29) is 42.8 Å². The maximum absolute atomic E-state index is 9.67. The fourth-order valence-corrected chi connectivity index (χ4v) is 0. The Hall–Kier alpha value is 1.18. The molecule has 6 heavy (non-hydrogen) atoms. The average Bonchev–Trinajstić information content (AvgIpc) is 0.811. The molecule has 0 aliphatic carbocycles. The zero-order valence-corrected chi connectivity index (χ0v) is 5.45. The smallest absolute Gasteiger partial charge is 0.254 e. The van der Waals surface area contributed by atoms with Gasteiger partial charge in [-0.2, -0.15) is 0 Å². The number of hydrogen-bond acceptors (Lipinski definition) is 0. The molecule has 0 aromatic rings. The second kappa shape index (κ2) is 9.49. The van der Waals surface area contributed by atoms with Crippen molar-refractivity contribution in [3.05, 3.63) is 0 Å². The first kappa shape index (κ1) is 15.7. The van der Waals surface area contributed by atoms with Crippen LogP contribution in [-0.4, -0.2) is 26.4 Å². The van der Waals surface area contributed by atoms with E-state index in [4.69, 9.17) is 0 Å². The van der Waals surface area contributed by atoms with Gasteiger partial charge >= 0.3 is 7.54 Å². The van der Waals surface area contributed by atoms with Crippen LogP contribution in [0, 0.1) is 0 Å². The summed E-state index contributed by atoms with van der Waals surface area (Å²) in [6.07, 6.45) is 0. The molecule has 0 aromatic heterocycles. The molecule has 0 aliphatic heterocycles. The standard InChI is InChI=1S/BF3.HI.Li/c2-1(3)4;;/h;1H;. The molecule has 0 atom stereocenters. The first-order valence-electron chi connectivity index (χ1n) is 0.655. The molecule has 0 nitrogen and oxygen atoms in total. The summed E-state index contributed by atoms with van der Waals surface area (Å²) in [5.74, 6) is 0. The minimum Gasteiger partial charge on any atom is -0.254 e. The molecule has 0 unspecified atom stereocenters. The van der Waals surface area contributed by atoms with Crippen molar-refractivity contribution in [3.8, 4) is 0 Å². The summed E-state index contributed by atoms with van der Waals surface area (Å²) < 4.78 is 29.0. The molecule has 0 aliphatic rings. The predicted octanol–water partition coefficient (Wildman–Crippen LogP) is 1.12. The van der Waals surface area contributed by atoms with Crippen molar-refractivity contribution < 1.29 is 12.9 Å². The monoisotopic (exact) mass is 203 g/mol. The number of halogens is 4. The maximum atomic E-state index is 9.67. The zero-order chi connectivity index (χ0) is 3.58. The van der Waals surface area contributed by atoms with Crippen molar-refractivity contribution in [3.63, 3.8) is 0 Å². The van der Waals surface area contributed by atoms with E-state index in [0.29, 0.717) is 0 Å². The minimum absolute atomic E-state index is 0. The van der Waals surface area contributed by atoms with Gasteiger partial charge in [-0.3, -0.25) is 12.9 Å². The summed E-state index contributed by atoms with van der Waals surface area (Å²) in [4.78, 5) is 0. The first-order valence-corrected chi connectivity index (χ1v) is 0.655. The third-order valence-corrected chi connectivity index (χ3v) is 0. The molecule has 6 heteroatoms. The normalized spacial score (nSPS) is 4.50. The van der Waals surface area contributed by atoms with Gasteiger partial charge in [-0.05, 0) is 0 Å². The van der Waals surface area contributed by atoms with Crippen molar-refractivity contribution >= 4 is 50.4 Å². The molecule has 0 N–H and O–H groups in total. The van der Waals surface area contributed by atoms with Crippen LogP contribution in [0.25, 0.3) is 0 Å². The van der Waals surface area contributed by atoms with E-state index in [9.17, 15) is 12.9 Å². The Morgan fingerprint density at radius 1 is 1.00 bits per heavy atom. The van der Waals surface area contributed by atoms with Gasteiger partial charge in [0.25, 0.3) is 0 Å². The van der Waals surface area contributed by atoms with E-state index < -0.39 is 7.54 Å². The van der Waals surface area contributed by atoms with Crippen LogP contribution >= 0.6 is 24.0 Å². The van der Waals surface area contributed by atoms with Gasteiger partial charge in [0.05, 0.1) is 0 Å². The van der Waals surface area contributed by atoms with E-state index in [1.165, 1.54) is 0 Å². The zero-order valence-electron chi connectivity index (χ0n) is 3.12. The van der Waals surface area contributed by atoms with Gasteiger partial charge in [-0.15, -0.1) is 24.0 Å².